The zero-order valence-electron chi connectivity index (χ0n) is 3.37. The molecule has 45 valence electrons. The van der Waals surface area contributed by atoms with Crippen molar-refractivity contribution in [1.29, 1.82) is 0 Å². The van der Waals surface area contributed by atoms with Crippen LogP contribution in [0.1, 0.15) is 0 Å². The van der Waals surface area contributed by atoms with Crippen LogP contribution in [0.15, 0.2) is 0 Å². The van der Waals surface area contributed by atoms with E-state index in [9.17, 15) is 0 Å². The van der Waals surface area contributed by atoms with Crippen molar-refractivity contribution in [3.63, 3.8) is 0 Å². The van der Waals surface area contributed by atoms with Crippen molar-refractivity contribution in [1.82, 2.24) is 0 Å². The summed E-state index contributed by atoms with van der Waals surface area (Å²) < 4.78 is 0. The first-order chi connectivity index (χ1) is 2.00. The molecule has 0 atom stereocenters. The third-order valence-electron chi connectivity index (χ3n) is 0. The van der Waals surface area contributed by atoms with E-state index in [4.69, 9.17) is 19.2 Å². The average molecular weight is 243 g/mol. The van der Waals surface area contributed by atoms with Crippen LogP contribution in [0.5, 0.6) is 0 Å². The third kappa shape index (κ3) is 100. The fourth-order valence-electron chi connectivity index (χ4n) is 0. The normalized spacial score (nSPS) is 7.50. The summed E-state index contributed by atoms with van der Waals surface area (Å²) in [6, 6.07) is 0. The molecular weight excluding hydrogens is 237 g/mol. The molecule has 0 fully saturated rings. The minimum absolute atomic E-state index is 0. The number of hydrogen-bond acceptors (Lipinski definition) is 4. The van der Waals surface area contributed by atoms with E-state index in [1.165, 1.54) is 0 Å². The molecule has 0 heterocycles. The Hall–Kier alpha value is 1.97. The van der Waals surface area contributed by atoms with Crippen molar-refractivity contribution in [2.45, 2.75) is 0 Å². The van der Waals surface area contributed by atoms with Gasteiger partial charge in [0, 0.05) is 36.5 Å². The Labute approximate surface area is 87.2 Å². The van der Waals surface area contributed by atoms with E-state index in [0.29, 0.717) is 0 Å². The van der Waals surface area contributed by atoms with E-state index in [1.54, 1.807) is 0 Å². The predicted octanol–water partition coefficient (Wildman–Crippen LogP) is -3.53. The zero-order chi connectivity index (χ0) is 4.50. The Bertz CT molecular complexity index is 31.5. The van der Waals surface area contributed by atoms with Gasteiger partial charge in [-0.3, -0.25) is 0 Å². The van der Waals surface area contributed by atoms with E-state index in [1.807, 2.05) is 0 Å². The molecule has 0 rings (SSSR count). The van der Waals surface area contributed by atoms with Crippen LogP contribution < -0.4 is 0 Å². The smallest absolute Gasteiger partial charge is 0.368 e. The molecule has 4 N–H and O–H groups in total. The molecule has 0 saturated heterocycles. The van der Waals surface area contributed by atoms with Gasteiger partial charge in [-0.2, -0.15) is 0 Å². The zero-order valence-corrected chi connectivity index (χ0v) is 8.52. The molecule has 0 spiro atoms. The summed E-state index contributed by atoms with van der Waals surface area (Å²) in [4.78, 5) is 29.3. The summed E-state index contributed by atoms with van der Waals surface area (Å²) in [6.07, 6.45) is 0. The number of rotatable bonds is 0. The molecule has 4 nitrogen and oxygen atoms in total. The van der Waals surface area contributed by atoms with Gasteiger partial charge in [0.05, 0.1) is 0 Å². The molecule has 0 unspecified atom stereocenters. The van der Waals surface area contributed by atoms with Gasteiger partial charge >= 0.3 is 32.1 Å². The maximum atomic E-state index is 7.33. The summed E-state index contributed by atoms with van der Waals surface area (Å²) in [5.41, 5.74) is 0. The van der Waals surface area contributed by atoms with Crippen LogP contribution in [-0.4, -0.2) is 51.3 Å². The largest absolute Gasteiger partial charge is 0.668 e. The standard InChI is InChI=1S/Mg.Mn.H4O4Si.Zn.2H/c;;1-5(2,3)4;;;/h;;1-4H;;;. The summed E-state index contributed by atoms with van der Waals surface area (Å²) in [7, 11) is -4.61. The number of hydrogen-bond donors (Lipinski definition) is 4. The van der Waals surface area contributed by atoms with Crippen molar-refractivity contribution in [2.75, 3.05) is 0 Å². The predicted molar refractivity (Wildman–Crippen MR) is 23.2 cm³/mol. The van der Waals surface area contributed by atoms with Gasteiger partial charge in [-0.05, 0) is 0 Å². The molecular formula is H6MgMnO4SiZn. The first-order valence-electron chi connectivity index (χ1n) is 0.894. The van der Waals surface area contributed by atoms with Gasteiger partial charge in [-0.1, -0.05) is 0 Å². The Morgan fingerprint density at radius 3 is 0.875 bits per heavy atom. The van der Waals surface area contributed by atoms with Gasteiger partial charge in [0.15, 0.2) is 0 Å². The Morgan fingerprint density at radius 1 is 0.875 bits per heavy atom. The van der Waals surface area contributed by atoms with Crippen LogP contribution in [0.25, 0.3) is 0 Å². The van der Waals surface area contributed by atoms with Crippen molar-refractivity contribution >= 4 is 32.1 Å². The van der Waals surface area contributed by atoms with Gasteiger partial charge < -0.3 is 19.2 Å². The molecule has 0 amide bonds. The fraction of sp³-hybridized carbons (Fsp3) is 0. The van der Waals surface area contributed by atoms with E-state index in [-0.39, 0.29) is 59.6 Å². The van der Waals surface area contributed by atoms with Crippen LogP contribution in [0.3, 0.4) is 0 Å². The first kappa shape index (κ1) is 22.5. The molecule has 0 aromatic rings. The molecule has 0 aliphatic rings. The van der Waals surface area contributed by atoms with E-state index in [0.717, 1.165) is 0 Å². The minimum Gasteiger partial charge on any atom is -0.368 e. The van der Waals surface area contributed by atoms with Gasteiger partial charge in [-0.25, -0.2) is 0 Å². The summed E-state index contributed by atoms with van der Waals surface area (Å²) in [6.45, 7) is 0. The van der Waals surface area contributed by atoms with Gasteiger partial charge in [-0.15, -0.1) is 0 Å². The van der Waals surface area contributed by atoms with Crippen molar-refractivity contribution < 1.29 is 55.7 Å². The van der Waals surface area contributed by atoms with E-state index < -0.39 is 9.05 Å². The van der Waals surface area contributed by atoms with Gasteiger partial charge in [0.25, 0.3) is 0 Å². The van der Waals surface area contributed by atoms with E-state index in [2.05, 4.69) is 0 Å². The minimum atomic E-state index is -4.61. The van der Waals surface area contributed by atoms with Crippen molar-refractivity contribution in [3.05, 3.63) is 0 Å². The topological polar surface area (TPSA) is 80.9 Å². The molecule has 8 heteroatoms. The summed E-state index contributed by atoms with van der Waals surface area (Å²) in [5.74, 6) is 0. The van der Waals surface area contributed by atoms with Crippen molar-refractivity contribution in [2.24, 2.45) is 0 Å². The molecule has 1 radical (unpaired) electrons. The van der Waals surface area contributed by atoms with Crippen LogP contribution in [-0.2, 0) is 36.5 Å². The maximum absolute atomic E-state index is 7.33. The van der Waals surface area contributed by atoms with E-state index >= 15 is 0 Å². The molecule has 8 heavy (non-hydrogen) atoms. The third-order valence-corrected chi connectivity index (χ3v) is 0. The molecule has 0 aromatic carbocycles. The Kier molecular flexibility index (Phi) is 25.2. The van der Waals surface area contributed by atoms with Crippen LogP contribution in [0.4, 0.5) is 0 Å². The molecule has 0 aliphatic carbocycles. The second-order valence-corrected chi connectivity index (χ2v) is 1.80. The molecule has 0 saturated carbocycles. The summed E-state index contributed by atoms with van der Waals surface area (Å²) in [5, 5.41) is 0. The van der Waals surface area contributed by atoms with Crippen LogP contribution in [0, 0.1) is 0 Å². The summed E-state index contributed by atoms with van der Waals surface area (Å²) >= 11 is 0. The quantitative estimate of drug-likeness (QED) is 0.332. The second kappa shape index (κ2) is 8.97. The van der Waals surface area contributed by atoms with Crippen molar-refractivity contribution in [3.8, 4) is 0 Å². The Balaban J connectivity index is -0.0000000267. The average Bonchev–Trinajstić information content (AvgIpc) is 0.722. The molecule has 0 aliphatic heterocycles. The van der Waals surface area contributed by atoms with Crippen LogP contribution in [0.2, 0.25) is 0 Å². The monoisotopic (exact) mass is 241 g/mol. The first-order valence-corrected chi connectivity index (χ1v) is 2.68. The molecule has 0 aromatic heterocycles. The molecule has 0 bridgehead atoms. The van der Waals surface area contributed by atoms with Gasteiger partial charge in [0.1, 0.15) is 0 Å². The Morgan fingerprint density at radius 2 is 0.875 bits per heavy atom. The maximum Gasteiger partial charge on any atom is 0.668 e. The van der Waals surface area contributed by atoms with Gasteiger partial charge in [0.2, 0.25) is 0 Å². The SMILES string of the molecule is O[Si](O)(O)O.[MgH2].[Mn].[Zn]. The second-order valence-electron chi connectivity index (χ2n) is 0.600. The fourth-order valence-corrected chi connectivity index (χ4v) is 0. The van der Waals surface area contributed by atoms with Crippen LogP contribution >= 0.6 is 0 Å².